The minimum Gasteiger partial charge on any atom is -0.452 e. The van der Waals surface area contributed by atoms with Gasteiger partial charge in [0.2, 0.25) is 5.76 Å². The van der Waals surface area contributed by atoms with Gasteiger partial charge in [-0.3, -0.25) is 9.78 Å². The average molecular weight is 492 g/mol. The maximum Gasteiger partial charge on any atom is 0.448 e. The Morgan fingerprint density at radius 2 is 1.91 bits per heavy atom. The highest BCUT2D eigenvalue weighted by Crippen LogP contribution is 2.37. The van der Waals surface area contributed by atoms with Crippen LogP contribution in [0.1, 0.15) is 51.9 Å². The first-order chi connectivity index (χ1) is 16.2. The van der Waals surface area contributed by atoms with Crippen LogP contribution in [0.5, 0.6) is 5.75 Å². The predicted octanol–water partition coefficient (Wildman–Crippen LogP) is 5.20. The summed E-state index contributed by atoms with van der Waals surface area (Å²) in [6, 6.07) is 8.12. The molecule has 4 rings (SSSR count). The number of pyridine rings is 1. The van der Waals surface area contributed by atoms with Gasteiger partial charge in [-0.2, -0.15) is 18.4 Å². The molecule has 0 N–H and O–H groups in total. The van der Waals surface area contributed by atoms with Gasteiger partial charge in [0.1, 0.15) is 17.4 Å². The van der Waals surface area contributed by atoms with Gasteiger partial charge in [0.15, 0.2) is 0 Å². The molecule has 10 heteroatoms. The first-order valence-electron chi connectivity index (χ1n) is 10.7. The SMILES string of the molecule is C=C(Oc1ccc(C#N)c(Cl)c1C(=O)N1CC(c2ccc(C3CCOCC3)cn2)C1)C(F)(F)F. The zero-order valence-corrected chi connectivity index (χ0v) is 18.8. The van der Waals surface area contributed by atoms with Gasteiger partial charge in [0.05, 0.1) is 10.6 Å². The maximum absolute atomic E-state index is 13.1. The van der Waals surface area contributed by atoms with Crippen molar-refractivity contribution >= 4 is 17.5 Å². The van der Waals surface area contributed by atoms with Gasteiger partial charge in [-0.1, -0.05) is 24.2 Å². The molecule has 0 atom stereocenters. The van der Waals surface area contributed by atoms with Crippen molar-refractivity contribution in [3.63, 3.8) is 0 Å². The molecule has 2 aliphatic rings. The van der Waals surface area contributed by atoms with Gasteiger partial charge < -0.3 is 14.4 Å². The largest absolute Gasteiger partial charge is 0.452 e. The van der Waals surface area contributed by atoms with Crippen LogP contribution in [-0.2, 0) is 4.74 Å². The minimum atomic E-state index is -4.81. The van der Waals surface area contributed by atoms with Crippen molar-refractivity contribution < 1.29 is 27.4 Å². The molecule has 0 spiro atoms. The van der Waals surface area contributed by atoms with Gasteiger partial charge >= 0.3 is 6.18 Å². The molecule has 0 radical (unpaired) electrons. The van der Waals surface area contributed by atoms with Crippen LogP contribution < -0.4 is 4.74 Å². The van der Waals surface area contributed by atoms with Crippen LogP contribution in [0.3, 0.4) is 0 Å². The standard InChI is InChI=1S/C24H21ClF3N3O3/c1-14(24(26,27)28)34-20-5-3-16(10-29)22(25)21(20)23(32)31-12-18(13-31)19-4-2-17(11-30-19)15-6-8-33-9-7-15/h2-5,11,15,18H,1,6-9,12-13H2. The summed E-state index contributed by atoms with van der Waals surface area (Å²) in [6.07, 6.45) is -1.04. The third-order valence-corrected chi connectivity index (χ3v) is 6.47. The molecular formula is C24H21ClF3N3O3. The van der Waals surface area contributed by atoms with Gasteiger partial charge in [-0.25, -0.2) is 0 Å². The molecule has 6 nitrogen and oxygen atoms in total. The van der Waals surface area contributed by atoms with Gasteiger partial charge in [-0.15, -0.1) is 0 Å². The molecule has 1 amide bonds. The predicted molar refractivity (Wildman–Crippen MR) is 118 cm³/mol. The number of benzene rings is 1. The normalized spacial score (nSPS) is 17.1. The molecule has 1 aromatic carbocycles. The zero-order valence-electron chi connectivity index (χ0n) is 18.1. The summed E-state index contributed by atoms with van der Waals surface area (Å²) >= 11 is 6.19. The lowest BCUT2D eigenvalue weighted by Crippen LogP contribution is -2.49. The Labute approximate surface area is 199 Å². The minimum absolute atomic E-state index is 0.0138. The van der Waals surface area contributed by atoms with E-state index in [9.17, 15) is 23.2 Å². The summed E-state index contributed by atoms with van der Waals surface area (Å²) < 4.78 is 49.0. The van der Waals surface area contributed by atoms with Crippen LogP contribution in [-0.4, -0.2) is 48.3 Å². The van der Waals surface area contributed by atoms with Crippen LogP contribution in [0.15, 0.2) is 42.8 Å². The number of halogens is 4. The number of alkyl halides is 3. The van der Waals surface area contributed by atoms with E-state index in [1.165, 1.54) is 11.0 Å². The van der Waals surface area contributed by atoms with Gasteiger partial charge in [0, 0.05) is 44.1 Å². The van der Waals surface area contributed by atoms with Crippen LogP contribution in [0, 0.1) is 11.3 Å². The van der Waals surface area contributed by atoms with Crippen molar-refractivity contribution in [1.29, 1.82) is 5.26 Å². The Balaban J connectivity index is 1.48. The number of ether oxygens (including phenoxy) is 2. The molecule has 2 aliphatic heterocycles. The number of hydrogen-bond acceptors (Lipinski definition) is 5. The summed E-state index contributed by atoms with van der Waals surface area (Å²) in [7, 11) is 0. The van der Waals surface area contributed by atoms with Crippen molar-refractivity contribution in [3.8, 4) is 11.8 Å². The van der Waals surface area contributed by atoms with E-state index in [-0.39, 0.29) is 22.1 Å². The Kier molecular flexibility index (Phi) is 6.82. The highest BCUT2D eigenvalue weighted by molar-refractivity contribution is 6.35. The van der Waals surface area contributed by atoms with E-state index in [4.69, 9.17) is 21.1 Å². The van der Waals surface area contributed by atoms with Crippen LogP contribution >= 0.6 is 11.6 Å². The highest BCUT2D eigenvalue weighted by Gasteiger charge is 2.38. The van der Waals surface area contributed by atoms with E-state index in [1.807, 2.05) is 24.4 Å². The number of nitriles is 1. The number of aromatic nitrogens is 1. The molecule has 34 heavy (non-hydrogen) atoms. The summed E-state index contributed by atoms with van der Waals surface area (Å²) in [4.78, 5) is 19.1. The molecule has 0 aliphatic carbocycles. The third-order valence-electron chi connectivity index (χ3n) is 6.08. The summed E-state index contributed by atoms with van der Waals surface area (Å²) in [6.45, 7) is 4.98. The fourth-order valence-electron chi connectivity index (χ4n) is 4.04. The lowest BCUT2D eigenvalue weighted by Gasteiger charge is -2.39. The van der Waals surface area contributed by atoms with Crippen molar-refractivity contribution in [1.82, 2.24) is 9.88 Å². The Hall–Kier alpha value is -3.09. The van der Waals surface area contributed by atoms with Crippen LogP contribution in [0.2, 0.25) is 5.02 Å². The molecule has 0 saturated carbocycles. The van der Waals surface area contributed by atoms with Crippen LogP contribution in [0.25, 0.3) is 0 Å². The molecule has 0 bridgehead atoms. The monoisotopic (exact) mass is 491 g/mol. The second-order valence-electron chi connectivity index (χ2n) is 8.25. The molecule has 178 valence electrons. The van der Waals surface area contributed by atoms with Crippen LogP contribution in [0.4, 0.5) is 13.2 Å². The Bertz CT molecular complexity index is 1130. The number of amides is 1. The molecular weight excluding hydrogens is 471 g/mol. The summed E-state index contributed by atoms with van der Waals surface area (Å²) in [5.41, 5.74) is 1.65. The molecule has 0 unspecified atom stereocenters. The summed E-state index contributed by atoms with van der Waals surface area (Å²) in [5, 5.41) is 8.97. The van der Waals surface area contributed by atoms with Crippen molar-refractivity contribution in [2.75, 3.05) is 26.3 Å². The van der Waals surface area contributed by atoms with E-state index in [0.717, 1.165) is 43.4 Å². The molecule has 2 fully saturated rings. The number of hydrogen-bond donors (Lipinski definition) is 0. The Morgan fingerprint density at radius 1 is 1.21 bits per heavy atom. The molecule has 2 saturated heterocycles. The first-order valence-corrected chi connectivity index (χ1v) is 11.1. The smallest absolute Gasteiger partial charge is 0.448 e. The van der Waals surface area contributed by atoms with Crippen molar-refractivity contribution in [2.24, 2.45) is 0 Å². The van der Waals surface area contributed by atoms with E-state index in [0.29, 0.717) is 19.0 Å². The van der Waals surface area contributed by atoms with E-state index >= 15 is 0 Å². The molecule has 2 aromatic rings. The van der Waals surface area contributed by atoms with Crippen molar-refractivity contribution in [3.05, 3.63) is 70.2 Å². The van der Waals surface area contributed by atoms with E-state index < -0.39 is 23.6 Å². The number of carbonyl (C=O) groups excluding carboxylic acids is 1. The first kappa shape index (κ1) is 24.0. The fourth-order valence-corrected chi connectivity index (χ4v) is 4.32. The second kappa shape index (κ2) is 9.65. The number of rotatable bonds is 5. The quantitative estimate of drug-likeness (QED) is 0.538. The Morgan fingerprint density at radius 3 is 2.50 bits per heavy atom. The lowest BCUT2D eigenvalue weighted by molar-refractivity contribution is -0.115. The van der Waals surface area contributed by atoms with E-state index in [2.05, 4.69) is 11.6 Å². The third kappa shape index (κ3) is 4.88. The number of carbonyl (C=O) groups is 1. The fraction of sp³-hybridized carbons (Fsp3) is 0.375. The van der Waals surface area contributed by atoms with Gasteiger partial charge in [-0.05, 0) is 42.5 Å². The second-order valence-corrected chi connectivity index (χ2v) is 8.62. The average Bonchev–Trinajstić information content (AvgIpc) is 2.78. The topological polar surface area (TPSA) is 75.5 Å². The number of nitrogens with zero attached hydrogens (tertiary/aromatic N) is 3. The zero-order chi connectivity index (χ0) is 24.5. The van der Waals surface area contributed by atoms with Gasteiger partial charge in [0.25, 0.3) is 5.91 Å². The lowest BCUT2D eigenvalue weighted by atomic mass is 9.90. The molecule has 3 heterocycles. The van der Waals surface area contributed by atoms with Crippen molar-refractivity contribution in [2.45, 2.75) is 30.9 Å². The summed E-state index contributed by atoms with van der Waals surface area (Å²) in [5.74, 6) is -2.10. The number of allylic oxidation sites excluding steroid dienone is 1. The molecule has 1 aromatic heterocycles. The van der Waals surface area contributed by atoms with E-state index in [1.54, 1.807) is 0 Å². The number of likely N-dealkylation sites (tertiary alicyclic amines) is 1. The maximum atomic E-state index is 13.1. The highest BCUT2D eigenvalue weighted by atomic mass is 35.5.